The van der Waals surface area contributed by atoms with Crippen LogP contribution in [0.15, 0.2) is 18.2 Å². The molecule has 1 saturated carbocycles. The Bertz CT molecular complexity index is 314. The van der Waals surface area contributed by atoms with Crippen molar-refractivity contribution in [3.05, 3.63) is 23.9 Å². The highest BCUT2D eigenvalue weighted by atomic mass is 16.5. The molecule has 1 aromatic rings. The van der Waals surface area contributed by atoms with Crippen LogP contribution in [0.2, 0.25) is 0 Å². The van der Waals surface area contributed by atoms with E-state index in [2.05, 4.69) is 4.98 Å². The molecular weight excluding hydrogens is 176 g/mol. The average Bonchev–Trinajstić information content (AvgIpc) is 2.52. The lowest BCUT2D eigenvalue weighted by atomic mass is 10.2. The Morgan fingerprint density at radius 3 is 2.93 bits per heavy atom. The molecule has 1 aromatic heterocycles. The van der Waals surface area contributed by atoms with E-state index in [1.807, 2.05) is 25.1 Å². The summed E-state index contributed by atoms with van der Waals surface area (Å²) in [5.41, 5.74) is 6.89. The Balaban J connectivity index is 2.03. The highest BCUT2D eigenvalue weighted by molar-refractivity contribution is 5.15. The quantitative estimate of drug-likeness (QED) is 0.775. The smallest absolute Gasteiger partial charge is 0.213 e. The zero-order chi connectivity index (χ0) is 9.97. The molecule has 2 atom stereocenters. The molecule has 0 aromatic carbocycles. The molecule has 0 spiro atoms. The Kier molecular flexibility index (Phi) is 2.68. The summed E-state index contributed by atoms with van der Waals surface area (Å²) in [7, 11) is 0. The van der Waals surface area contributed by atoms with E-state index in [1.165, 1.54) is 0 Å². The molecule has 1 aliphatic rings. The third-order valence-electron chi connectivity index (χ3n) is 2.64. The van der Waals surface area contributed by atoms with Crippen LogP contribution in [-0.2, 0) is 0 Å². The predicted molar refractivity (Wildman–Crippen MR) is 55.2 cm³/mol. The molecule has 1 fully saturated rings. The number of nitrogens with zero attached hydrogens (tertiary/aromatic N) is 1. The molecular formula is C11H16N2O. The van der Waals surface area contributed by atoms with Crippen LogP contribution in [0.4, 0.5) is 0 Å². The molecule has 1 heterocycles. The Hall–Kier alpha value is -1.09. The fourth-order valence-corrected chi connectivity index (χ4v) is 1.84. The summed E-state index contributed by atoms with van der Waals surface area (Å²) >= 11 is 0. The van der Waals surface area contributed by atoms with Crippen LogP contribution < -0.4 is 10.5 Å². The summed E-state index contributed by atoms with van der Waals surface area (Å²) in [5.74, 6) is 0.701. The van der Waals surface area contributed by atoms with E-state index in [0.29, 0.717) is 5.88 Å². The van der Waals surface area contributed by atoms with Crippen molar-refractivity contribution in [1.29, 1.82) is 0 Å². The fraction of sp³-hybridized carbons (Fsp3) is 0.545. The van der Waals surface area contributed by atoms with Crippen molar-refractivity contribution >= 4 is 0 Å². The van der Waals surface area contributed by atoms with Crippen LogP contribution in [0.25, 0.3) is 0 Å². The van der Waals surface area contributed by atoms with Crippen LogP contribution in [0.3, 0.4) is 0 Å². The molecule has 2 N–H and O–H groups in total. The van der Waals surface area contributed by atoms with E-state index < -0.39 is 0 Å². The maximum absolute atomic E-state index is 5.91. The zero-order valence-electron chi connectivity index (χ0n) is 8.44. The summed E-state index contributed by atoms with van der Waals surface area (Å²) in [6.45, 7) is 1.96. The number of ether oxygens (including phenoxy) is 1. The van der Waals surface area contributed by atoms with E-state index in [4.69, 9.17) is 10.5 Å². The van der Waals surface area contributed by atoms with Crippen molar-refractivity contribution in [3.63, 3.8) is 0 Å². The fourth-order valence-electron chi connectivity index (χ4n) is 1.84. The maximum atomic E-state index is 5.91. The van der Waals surface area contributed by atoms with Gasteiger partial charge in [0.05, 0.1) is 0 Å². The van der Waals surface area contributed by atoms with Gasteiger partial charge in [-0.2, -0.15) is 0 Å². The lowest BCUT2D eigenvalue weighted by Gasteiger charge is -2.16. The van der Waals surface area contributed by atoms with Crippen molar-refractivity contribution in [1.82, 2.24) is 4.98 Å². The summed E-state index contributed by atoms with van der Waals surface area (Å²) in [4.78, 5) is 4.29. The summed E-state index contributed by atoms with van der Waals surface area (Å²) < 4.78 is 5.73. The Morgan fingerprint density at radius 2 is 2.29 bits per heavy atom. The third-order valence-corrected chi connectivity index (χ3v) is 2.64. The van der Waals surface area contributed by atoms with Gasteiger partial charge in [-0.1, -0.05) is 6.07 Å². The first kappa shape index (κ1) is 9.46. The maximum Gasteiger partial charge on any atom is 0.213 e. The van der Waals surface area contributed by atoms with E-state index in [1.54, 1.807) is 0 Å². The highest BCUT2D eigenvalue weighted by Crippen LogP contribution is 2.22. The Morgan fingerprint density at radius 1 is 1.43 bits per heavy atom. The second-order valence-electron chi connectivity index (χ2n) is 3.87. The molecule has 0 aliphatic heterocycles. The summed E-state index contributed by atoms with van der Waals surface area (Å²) in [6.07, 6.45) is 3.44. The van der Waals surface area contributed by atoms with Gasteiger partial charge >= 0.3 is 0 Å². The predicted octanol–water partition coefficient (Wildman–Crippen LogP) is 1.65. The van der Waals surface area contributed by atoms with E-state index in [9.17, 15) is 0 Å². The number of rotatable bonds is 2. The Labute approximate surface area is 84.3 Å². The van der Waals surface area contributed by atoms with E-state index in [0.717, 1.165) is 25.0 Å². The first-order valence-corrected chi connectivity index (χ1v) is 5.11. The SMILES string of the molecule is Cc1cccc(OC2CCCC2N)n1. The van der Waals surface area contributed by atoms with Gasteiger partial charge in [-0.3, -0.25) is 0 Å². The van der Waals surface area contributed by atoms with Crippen molar-refractivity contribution in [2.45, 2.75) is 38.3 Å². The topological polar surface area (TPSA) is 48.1 Å². The average molecular weight is 192 g/mol. The molecule has 14 heavy (non-hydrogen) atoms. The molecule has 2 unspecified atom stereocenters. The second-order valence-corrected chi connectivity index (χ2v) is 3.87. The van der Waals surface area contributed by atoms with Gasteiger partial charge in [-0.25, -0.2) is 4.98 Å². The van der Waals surface area contributed by atoms with Crippen molar-refractivity contribution < 1.29 is 4.74 Å². The number of hydrogen-bond donors (Lipinski definition) is 1. The first-order chi connectivity index (χ1) is 6.75. The summed E-state index contributed by atoms with van der Waals surface area (Å²) in [5, 5.41) is 0. The van der Waals surface area contributed by atoms with E-state index >= 15 is 0 Å². The van der Waals surface area contributed by atoms with Crippen molar-refractivity contribution in [2.24, 2.45) is 5.73 Å². The molecule has 2 rings (SSSR count). The van der Waals surface area contributed by atoms with Gasteiger partial charge in [0.25, 0.3) is 0 Å². The van der Waals surface area contributed by atoms with Crippen molar-refractivity contribution in [2.75, 3.05) is 0 Å². The van der Waals surface area contributed by atoms with Gasteiger partial charge in [0, 0.05) is 17.8 Å². The monoisotopic (exact) mass is 192 g/mol. The van der Waals surface area contributed by atoms with Crippen LogP contribution in [0, 0.1) is 6.92 Å². The number of hydrogen-bond acceptors (Lipinski definition) is 3. The number of nitrogens with two attached hydrogens (primary N) is 1. The standard InChI is InChI=1S/C11H16N2O/c1-8-4-2-7-11(13-8)14-10-6-3-5-9(10)12/h2,4,7,9-10H,3,5-6,12H2,1H3. The number of aromatic nitrogens is 1. The minimum atomic E-state index is 0.157. The molecule has 0 amide bonds. The number of aryl methyl sites for hydroxylation is 1. The van der Waals surface area contributed by atoms with Crippen LogP contribution in [-0.4, -0.2) is 17.1 Å². The van der Waals surface area contributed by atoms with Crippen LogP contribution in [0.5, 0.6) is 5.88 Å². The van der Waals surface area contributed by atoms with Gasteiger partial charge < -0.3 is 10.5 Å². The summed E-state index contributed by atoms with van der Waals surface area (Å²) in [6, 6.07) is 5.98. The molecule has 3 nitrogen and oxygen atoms in total. The van der Waals surface area contributed by atoms with Gasteiger partial charge in [0.15, 0.2) is 0 Å². The van der Waals surface area contributed by atoms with Gasteiger partial charge in [0.2, 0.25) is 5.88 Å². The molecule has 3 heteroatoms. The lowest BCUT2D eigenvalue weighted by Crippen LogP contribution is -2.33. The molecule has 76 valence electrons. The van der Waals surface area contributed by atoms with Crippen molar-refractivity contribution in [3.8, 4) is 5.88 Å². The van der Waals surface area contributed by atoms with Gasteiger partial charge in [0.1, 0.15) is 6.10 Å². The normalized spacial score (nSPS) is 26.4. The van der Waals surface area contributed by atoms with Gasteiger partial charge in [-0.15, -0.1) is 0 Å². The molecule has 0 bridgehead atoms. The third kappa shape index (κ3) is 2.04. The van der Waals surface area contributed by atoms with E-state index in [-0.39, 0.29) is 12.1 Å². The van der Waals surface area contributed by atoms with Gasteiger partial charge in [-0.05, 0) is 32.3 Å². The second kappa shape index (κ2) is 3.96. The minimum absolute atomic E-state index is 0.157. The van der Waals surface area contributed by atoms with Crippen LogP contribution in [0.1, 0.15) is 25.0 Å². The zero-order valence-corrected chi connectivity index (χ0v) is 8.44. The largest absolute Gasteiger partial charge is 0.473 e. The molecule has 0 radical (unpaired) electrons. The first-order valence-electron chi connectivity index (χ1n) is 5.11. The highest BCUT2D eigenvalue weighted by Gasteiger charge is 2.25. The lowest BCUT2D eigenvalue weighted by molar-refractivity contribution is 0.183. The molecule has 1 aliphatic carbocycles. The molecule has 0 saturated heterocycles. The number of pyridine rings is 1. The minimum Gasteiger partial charge on any atom is -0.473 e. The van der Waals surface area contributed by atoms with Crippen LogP contribution >= 0.6 is 0 Å².